The highest BCUT2D eigenvalue weighted by Crippen LogP contribution is 2.45. The fraction of sp³-hybridized carbons (Fsp3) is 0.303. The van der Waals surface area contributed by atoms with Gasteiger partial charge in [0.1, 0.15) is 0 Å². The van der Waals surface area contributed by atoms with Crippen molar-refractivity contribution in [2.45, 2.75) is 60.0 Å². The molecule has 0 aliphatic carbocycles. The molecule has 1 fully saturated rings. The van der Waals surface area contributed by atoms with Gasteiger partial charge in [-0.1, -0.05) is 56.6 Å². The smallest absolute Gasteiger partial charge is 0.226 e. The van der Waals surface area contributed by atoms with E-state index in [1.807, 2.05) is 56.4 Å². The van der Waals surface area contributed by atoms with Gasteiger partial charge in [-0.3, -0.25) is 9.78 Å². The lowest BCUT2D eigenvalue weighted by Crippen LogP contribution is -2.29. The summed E-state index contributed by atoms with van der Waals surface area (Å²) in [5, 5.41) is 7.52. The average Bonchev–Trinajstić information content (AvgIpc) is 3.44. The highest BCUT2D eigenvalue weighted by Gasteiger charge is 2.42. The lowest BCUT2D eigenvalue weighted by Gasteiger charge is -2.29. The molecular formula is C33H36ClN5OS. The van der Waals surface area contributed by atoms with Crippen LogP contribution in [0.3, 0.4) is 0 Å². The molecule has 1 saturated heterocycles. The molecule has 0 bridgehead atoms. The molecule has 1 aliphatic heterocycles. The zero-order valence-corrected chi connectivity index (χ0v) is 25.9. The number of para-hydroxylation sites is 1. The van der Waals surface area contributed by atoms with E-state index in [9.17, 15) is 4.79 Å². The highest BCUT2D eigenvalue weighted by atomic mass is 35.5. The van der Waals surface area contributed by atoms with Gasteiger partial charge in [0.05, 0.1) is 34.2 Å². The third-order valence-electron chi connectivity index (χ3n) is 7.83. The fourth-order valence-electron chi connectivity index (χ4n) is 5.74. The molecule has 0 spiro atoms. The number of aryl methyl sites for hydroxylation is 3. The zero-order valence-electron chi connectivity index (χ0n) is 24.3. The number of nitrogens with zero attached hydrogens (tertiary/aromatic N) is 3. The summed E-state index contributed by atoms with van der Waals surface area (Å²) in [6, 6.07) is 20.0. The van der Waals surface area contributed by atoms with Crippen molar-refractivity contribution in [3.8, 4) is 5.69 Å². The molecule has 2 unspecified atom stereocenters. The van der Waals surface area contributed by atoms with Gasteiger partial charge in [0, 0.05) is 29.2 Å². The van der Waals surface area contributed by atoms with Crippen LogP contribution < -0.4 is 15.5 Å². The Morgan fingerprint density at radius 2 is 1.88 bits per heavy atom. The number of hydrogen-bond acceptors (Lipinski definition) is 3. The molecule has 2 aromatic heterocycles. The summed E-state index contributed by atoms with van der Waals surface area (Å²) in [6.07, 6.45) is 2.76. The Balaban J connectivity index is 1.65. The Labute approximate surface area is 252 Å². The Bertz CT molecular complexity index is 1610. The summed E-state index contributed by atoms with van der Waals surface area (Å²) in [5.41, 5.74) is 9.57. The van der Waals surface area contributed by atoms with E-state index in [0.717, 1.165) is 34.8 Å². The topological polar surface area (TPSA) is 62.2 Å². The van der Waals surface area contributed by atoms with Crippen molar-refractivity contribution >= 4 is 46.2 Å². The molecule has 212 valence electrons. The largest absolute Gasteiger partial charge is 0.351 e. The molecule has 1 aliphatic rings. The third-order valence-corrected chi connectivity index (χ3v) is 8.45. The first kappa shape index (κ1) is 28.8. The van der Waals surface area contributed by atoms with Gasteiger partial charge in [0.25, 0.3) is 0 Å². The van der Waals surface area contributed by atoms with Crippen LogP contribution in [0.5, 0.6) is 0 Å². The van der Waals surface area contributed by atoms with E-state index in [1.54, 1.807) is 0 Å². The van der Waals surface area contributed by atoms with Crippen LogP contribution in [-0.4, -0.2) is 20.6 Å². The molecule has 0 saturated carbocycles. The molecule has 1 amide bonds. The van der Waals surface area contributed by atoms with Crippen molar-refractivity contribution in [1.82, 2.24) is 14.9 Å². The summed E-state index contributed by atoms with van der Waals surface area (Å²) in [4.78, 5) is 19.2. The minimum Gasteiger partial charge on any atom is -0.351 e. The van der Waals surface area contributed by atoms with Crippen molar-refractivity contribution in [3.63, 3.8) is 0 Å². The van der Waals surface area contributed by atoms with Crippen molar-refractivity contribution in [2.24, 2.45) is 5.92 Å². The summed E-state index contributed by atoms with van der Waals surface area (Å²) in [7, 11) is 0. The number of anilines is 2. The van der Waals surface area contributed by atoms with Crippen molar-refractivity contribution in [2.75, 3.05) is 10.2 Å². The summed E-state index contributed by atoms with van der Waals surface area (Å²) in [5.74, 6) is -0.234. The second kappa shape index (κ2) is 11.7. The Morgan fingerprint density at radius 3 is 2.54 bits per heavy atom. The van der Waals surface area contributed by atoms with Crippen LogP contribution in [-0.2, 0) is 11.2 Å². The highest BCUT2D eigenvalue weighted by molar-refractivity contribution is 7.80. The maximum absolute atomic E-state index is 12.3. The van der Waals surface area contributed by atoms with E-state index in [0.29, 0.717) is 15.8 Å². The van der Waals surface area contributed by atoms with E-state index in [2.05, 4.69) is 72.1 Å². The van der Waals surface area contributed by atoms with Crippen LogP contribution in [0.2, 0.25) is 5.02 Å². The van der Waals surface area contributed by atoms with Crippen LogP contribution in [0.15, 0.2) is 66.9 Å². The molecule has 5 rings (SSSR count). The van der Waals surface area contributed by atoms with E-state index < -0.39 is 0 Å². The quantitative estimate of drug-likeness (QED) is 0.217. The number of hydrogen-bond donors (Lipinski definition) is 2. The van der Waals surface area contributed by atoms with E-state index >= 15 is 0 Å². The van der Waals surface area contributed by atoms with Gasteiger partial charge in [0.2, 0.25) is 5.91 Å². The number of nitrogens with one attached hydrogen (secondary N) is 2. The number of rotatable bonds is 7. The molecule has 2 N–H and O–H groups in total. The predicted octanol–water partition coefficient (Wildman–Crippen LogP) is 7.78. The van der Waals surface area contributed by atoms with Gasteiger partial charge in [-0.25, -0.2) is 0 Å². The number of aromatic nitrogens is 2. The number of thiocarbonyl (C=S) groups is 1. The lowest BCUT2D eigenvalue weighted by atomic mass is 9.96. The first-order valence-corrected chi connectivity index (χ1v) is 14.8. The van der Waals surface area contributed by atoms with Gasteiger partial charge in [0.15, 0.2) is 5.11 Å². The Morgan fingerprint density at radius 1 is 1.10 bits per heavy atom. The normalized spacial score (nSPS) is 16.8. The third kappa shape index (κ3) is 5.36. The summed E-state index contributed by atoms with van der Waals surface area (Å²) in [6.45, 7) is 12.4. The van der Waals surface area contributed by atoms with E-state index in [4.69, 9.17) is 28.8 Å². The summed E-state index contributed by atoms with van der Waals surface area (Å²) >= 11 is 12.7. The maximum atomic E-state index is 12.3. The number of pyridine rings is 1. The summed E-state index contributed by atoms with van der Waals surface area (Å²) < 4.78 is 2.37. The molecule has 0 radical (unpaired) electrons. The minimum absolute atomic E-state index is 0.0822. The van der Waals surface area contributed by atoms with Crippen LogP contribution in [0.1, 0.15) is 66.6 Å². The fourth-order valence-corrected chi connectivity index (χ4v) is 6.31. The second-order valence-electron chi connectivity index (χ2n) is 10.9. The molecule has 3 heterocycles. The van der Waals surface area contributed by atoms with Gasteiger partial charge < -0.3 is 20.1 Å². The van der Waals surface area contributed by atoms with Crippen molar-refractivity contribution in [1.29, 1.82) is 0 Å². The van der Waals surface area contributed by atoms with Gasteiger partial charge >= 0.3 is 0 Å². The maximum Gasteiger partial charge on any atom is 0.226 e. The SMILES string of the molecule is CCc1cccc(C)c1-n1c(C)cc(C2C(c3ccccn3)NC(=S)N2c2ccc(NC(=O)C(C)C)c(Cl)c2)c1C. The van der Waals surface area contributed by atoms with Gasteiger partial charge in [-0.2, -0.15) is 0 Å². The first-order chi connectivity index (χ1) is 19.6. The van der Waals surface area contributed by atoms with Crippen LogP contribution >= 0.6 is 23.8 Å². The van der Waals surface area contributed by atoms with E-state index in [1.165, 1.54) is 16.8 Å². The molecule has 2 aromatic carbocycles. The lowest BCUT2D eigenvalue weighted by molar-refractivity contribution is -0.118. The van der Waals surface area contributed by atoms with E-state index in [-0.39, 0.29) is 23.9 Å². The Hall–Kier alpha value is -3.68. The monoisotopic (exact) mass is 585 g/mol. The standard InChI is InChI=1S/C33H36ClN5OS/c1-7-23-12-10-11-20(4)30(23)38-21(5)17-25(22(38)6)31-29(28-13-8-9-16-35-28)37-33(41)39(31)24-14-15-27(26(34)18-24)36-32(40)19(2)3/h8-19,29,31H,7H2,1-6H3,(H,36,40)(H,37,41). The minimum atomic E-state index is -0.182. The number of halogens is 1. The molecule has 6 nitrogen and oxygen atoms in total. The molecule has 4 aromatic rings. The Kier molecular flexibility index (Phi) is 8.20. The van der Waals surface area contributed by atoms with Crippen LogP contribution in [0.4, 0.5) is 11.4 Å². The number of carbonyl (C=O) groups is 1. The average molecular weight is 586 g/mol. The van der Waals surface area contributed by atoms with Gasteiger partial charge in [-0.05, 0) is 92.5 Å². The second-order valence-corrected chi connectivity index (χ2v) is 11.7. The first-order valence-electron chi connectivity index (χ1n) is 14.0. The number of amides is 1. The van der Waals surface area contributed by atoms with Crippen LogP contribution in [0.25, 0.3) is 5.69 Å². The molecule has 8 heteroatoms. The van der Waals surface area contributed by atoms with Crippen LogP contribution in [0, 0.1) is 26.7 Å². The molecule has 41 heavy (non-hydrogen) atoms. The van der Waals surface area contributed by atoms with Gasteiger partial charge in [-0.15, -0.1) is 0 Å². The van der Waals surface area contributed by atoms with Crippen molar-refractivity contribution < 1.29 is 4.79 Å². The number of carbonyl (C=O) groups excluding carboxylic acids is 1. The molecular weight excluding hydrogens is 550 g/mol. The number of benzene rings is 2. The molecule has 2 atom stereocenters. The predicted molar refractivity (Wildman–Crippen MR) is 172 cm³/mol. The zero-order chi connectivity index (χ0) is 29.4. The van der Waals surface area contributed by atoms with Crippen molar-refractivity contribution in [3.05, 3.63) is 106 Å².